The van der Waals surface area contributed by atoms with E-state index in [-0.39, 0.29) is 10.7 Å². The lowest BCUT2D eigenvalue weighted by atomic mass is 10.2. The molecule has 0 aliphatic rings. The molecule has 1 heterocycles. The Balaban J connectivity index is 2.19. The van der Waals surface area contributed by atoms with Gasteiger partial charge in [0.2, 0.25) is 0 Å². The molecule has 1 aromatic carbocycles. The predicted molar refractivity (Wildman–Crippen MR) is 75.2 cm³/mol. The summed E-state index contributed by atoms with van der Waals surface area (Å²) >= 11 is 5.82. The minimum absolute atomic E-state index is 0.0341. The van der Waals surface area contributed by atoms with Gasteiger partial charge >= 0.3 is 0 Å². The Morgan fingerprint density at radius 2 is 2.15 bits per heavy atom. The molecule has 7 heteroatoms. The lowest BCUT2D eigenvalue weighted by molar-refractivity contribution is -0.384. The van der Waals surface area contributed by atoms with Crippen molar-refractivity contribution in [3.8, 4) is 11.5 Å². The molecular formula is C13H12ClN3O3. The van der Waals surface area contributed by atoms with E-state index in [0.717, 1.165) is 5.56 Å². The quantitative estimate of drug-likeness (QED) is 0.677. The monoisotopic (exact) mass is 293 g/mol. The molecule has 0 fully saturated rings. The SMILES string of the molecule is CNCc1cncc(Oc2ccc([N+](=O)[O-])c(Cl)c2)c1. The first-order valence-electron chi connectivity index (χ1n) is 5.80. The number of nitrogens with zero attached hydrogens (tertiary/aromatic N) is 2. The summed E-state index contributed by atoms with van der Waals surface area (Å²) in [6.45, 7) is 0.672. The number of hydrogen-bond acceptors (Lipinski definition) is 5. The van der Waals surface area contributed by atoms with Gasteiger partial charge in [-0.1, -0.05) is 11.6 Å². The summed E-state index contributed by atoms with van der Waals surface area (Å²) in [5.41, 5.74) is 0.819. The lowest BCUT2D eigenvalue weighted by Gasteiger charge is -2.07. The molecule has 104 valence electrons. The summed E-state index contributed by atoms with van der Waals surface area (Å²) in [6.07, 6.45) is 3.29. The first-order valence-corrected chi connectivity index (χ1v) is 6.18. The van der Waals surface area contributed by atoms with Crippen LogP contribution in [0.25, 0.3) is 0 Å². The van der Waals surface area contributed by atoms with E-state index in [1.807, 2.05) is 13.1 Å². The van der Waals surface area contributed by atoms with Gasteiger partial charge in [-0.15, -0.1) is 0 Å². The summed E-state index contributed by atoms with van der Waals surface area (Å²) < 4.78 is 5.58. The van der Waals surface area contributed by atoms with Crippen molar-refractivity contribution in [2.24, 2.45) is 0 Å². The minimum Gasteiger partial charge on any atom is -0.456 e. The number of nitro benzene ring substituents is 1. The average molecular weight is 294 g/mol. The summed E-state index contributed by atoms with van der Waals surface area (Å²) in [7, 11) is 1.84. The van der Waals surface area contributed by atoms with Gasteiger partial charge in [0.05, 0.1) is 11.1 Å². The number of nitrogens with one attached hydrogen (secondary N) is 1. The van der Waals surface area contributed by atoms with Gasteiger partial charge in [0.25, 0.3) is 5.69 Å². The largest absolute Gasteiger partial charge is 0.456 e. The van der Waals surface area contributed by atoms with Gasteiger partial charge in [0.15, 0.2) is 0 Å². The molecule has 2 rings (SSSR count). The first kappa shape index (κ1) is 14.2. The maximum atomic E-state index is 10.7. The Hall–Kier alpha value is -2.18. The second-order valence-corrected chi connectivity index (χ2v) is 4.44. The van der Waals surface area contributed by atoms with Crippen LogP contribution < -0.4 is 10.1 Å². The van der Waals surface area contributed by atoms with Crippen LogP contribution in [0.1, 0.15) is 5.56 Å². The zero-order valence-corrected chi connectivity index (χ0v) is 11.4. The normalized spacial score (nSPS) is 10.3. The smallest absolute Gasteiger partial charge is 0.288 e. The van der Waals surface area contributed by atoms with Crippen molar-refractivity contribution in [2.75, 3.05) is 7.05 Å². The molecule has 0 amide bonds. The number of hydrogen-bond donors (Lipinski definition) is 1. The molecule has 20 heavy (non-hydrogen) atoms. The van der Waals surface area contributed by atoms with E-state index in [0.29, 0.717) is 18.0 Å². The van der Waals surface area contributed by atoms with Gasteiger partial charge < -0.3 is 10.1 Å². The average Bonchev–Trinajstić information content (AvgIpc) is 2.39. The van der Waals surface area contributed by atoms with Crippen LogP contribution >= 0.6 is 11.6 Å². The fourth-order valence-electron chi connectivity index (χ4n) is 1.66. The van der Waals surface area contributed by atoms with E-state index in [9.17, 15) is 10.1 Å². The fourth-order valence-corrected chi connectivity index (χ4v) is 1.90. The molecule has 0 unspecified atom stereocenters. The third kappa shape index (κ3) is 3.43. The fraction of sp³-hybridized carbons (Fsp3) is 0.154. The Labute approximate surface area is 120 Å². The standard InChI is InChI=1S/C13H12ClN3O3/c1-15-6-9-4-11(8-16-7-9)20-10-2-3-13(17(18)19)12(14)5-10/h2-5,7-8,15H,6H2,1H3. The van der Waals surface area contributed by atoms with Crippen molar-refractivity contribution in [1.29, 1.82) is 0 Å². The topological polar surface area (TPSA) is 77.3 Å². The zero-order valence-electron chi connectivity index (χ0n) is 10.7. The molecule has 0 spiro atoms. The number of halogens is 1. The van der Waals surface area contributed by atoms with Crippen molar-refractivity contribution >= 4 is 17.3 Å². The molecule has 0 radical (unpaired) electrons. The van der Waals surface area contributed by atoms with Crippen LogP contribution in [0.2, 0.25) is 5.02 Å². The van der Waals surface area contributed by atoms with Gasteiger partial charge in [-0.3, -0.25) is 15.1 Å². The first-order chi connectivity index (χ1) is 9.60. The third-order valence-electron chi connectivity index (χ3n) is 2.50. The highest BCUT2D eigenvalue weighted by Gasteiger charge is 2.13. The number of benzene rings is 1. The number of rotatable bonds is 5. The molecule has 0 aliphatic carbocycles. The van der Waals surface area contributed by atoms with E-state index in [2.05, 4.69) is 10.3 Å². The molecule has 0 aliphatic heterocycles. The van der Waals surface area contributed by atoms with Crippen LogP contribution in [0.15, 0.2) is 36.7 Å². The summed E-state index contributed by atoms with van der Waals surface area (Å²) in [6, 6.07) is 6.04. The van der Waals surface area contributed by atoms with Crippen molar-refractivity contribution in [2.45, 2.75) is 6.54 Å². The molecule has 1 N–H and O–H groups in total. The molecule has 0 saturated heterocycles. The highest BCUT2D eigenvalue weighted by atomic mass is 35.5. The van der Waals surface area contributed by atoms with E-state index in [1.165, 1.54) is 18.2 Å². The van der Waals surface area contributed by atoms with Gasteiger partial charge in [0.1, 0.15) is 16.5 Å². The number of aromatic nitrogens is 1. The Bertz CT molecular complexity index is 634. The van der Waals surface area contributed by atoms with Crippen molar-refractivity contribution < 1.29 is 9.66 Å². The van der Waals surface area contributed by atoms with Crippen molar-refractivity contribution in [3.05, 3.63) is 57.4 Å². The van der Waals surface area contributed by atoms with Crippen LogP contribution in [0, 0.1) is 10.1 Å². The van der Waals surface area contributed by atoms with Gasteiger partial charge in [0, 0.05) is 24.9 Å². The van der Waals surface area contributed by atoms with E-state index in [4.69, 9.17) is 16.3 Å². The molecular weight excluding hydrogens is 282 g/mol. The van der Waals surface area contributed by atoms with E-state index in [1.54, 1.807) is 12.4 Å². The molecule has 1 aromatic heterocycles. The Morgan fingerprint density at radius 3 is 2.80 bits per heavy atom. The minimum atomic E-state index is -0.540. The second-order valence-electron chi connectivity index (χ2n) is 4.03. The van der Waals surface area contributed by atoms with Crippen LogP contribution in [0.5, 0.6) is 11.5 Å². The number of ether oxygens (including phenoxy) is 1. The van der Waals surface area contributed by atoms with Gasteiger partial charge in [-0.05, 0) is 24.7 Å². The van der Waals surface area contributed by atoms with Crippen LogP contribution in [-0.4, -0.2) is 17.0 Å². The highest BCUT2D eigenvalue weighted by molar-refractivity contribution is 6.32. The van der Waals surface area contributed by atoms with Crippen molar-refractivity contribution in [3.63, 3.8) is 0 Å². The summed E-state index contributed by atoms with van der Waals surface area (Å²) in [5, 5.41) is 13.7. The summed E-state index contributed by atoms with van der Waals surface area (Å²) in [4.78, 5) is 14.2. The van der Waals surface area contributed by atoms with Crippen LogP contribution in [0.4, 0.5) is 5.69 Å². The molecule has 0 saturated carbocycles. The maximum absolute atomic E-state index is 10.7. The molecule has 0 atom stereocenters. The predicted octanol–water partition coefficient (Wildman–Crippen LogP) is 3.15. The molecule has 2 aromatic rings. The van der Waals surface area contributed by atoms with Gasteiger partial charge in [-0.25, -0.2) is 0 Å². The second kappa shape index (κ2) is 6.31. The number of nitro groups is 1. The lowest BCUT2D eigenvalue weighted by Crippen LogP contribution is -2.05. The molecule has 6 nitrogen and oxygen atoms in total. The third-order valence-corrected chi connectivity index (χ3v) is 2.80. The summed E-state index contributed by atoms with van der Waals surface area (Å²) in [5.74, 6) is 0.965. The maximum Gasteiger partial charge on any atom is 0.288 e. The highest BCUT2D eigenvalue weighted by Crippen LogP contribution is 2.30. The molecule has 0 bridgehead atoms. The van der Waals surface area contributed by atoms with E-state index < -0.39 is 4.92 Å². The zero-order chi connectivity index (χ0) is 14.5. The Morgan fingerprint density at radius 1 is 1.35 bits per heavy atom. The van der Waals surface area contributed by atoms with E-state index >= 15 is 0 Å². The van der Waals surface area contributed by atoms with Crippen molar-refractivity contribution in [1.82, 2.24) is 10.3 Å². The van der Waals surface area contributed by atoms with Crippen LogP contribution in [0.3, 0.4) is 0 Å². The number of pyridine rings is 1. The van der Waals surface area contributed by atoms with Crippen LogP contribution in [-0.2, 0) is 6.54 Å². The van der Waals surface area contributed by atoms with Gasteiger partial charge in [-0.2, -0.15) is 0 Å². The Kier molecular flexibility index (Phi) is 4.49.